The molecule has 1 aliphatic carbocycles. The van der Waals surface area contributed by atoms with Crippen LogP contribution in [0.5, 0.6) is 0 Å². The lowest BCUT2D eigenvalue weighted by atomic mass is 10.2. The van der Waals surface area contributed by atoms with Crippen molar-refractivity contribution in [2.45, 2.75) is 24.9 Å². The Morgan fingerprint density at radius 2 is 1.83 bits per heavy atom. The Hall–Kier alpha value is -2.32. The van der Waals surface area contributed by atoms with E-state index in [2.05, 4.69) is 20.2 Å². The van der Waals surface area contributed by atoms with Crippen LogP contribution in [0, 0.1) is 12.8 Å². The van der Waals surface area contributed by atoms with Crippen LogP contribution in [0.15, 0.2) is 35.5 Å². The number of halogens is 1. The summed E-state index contributed by atoms with van der Waals surface area (Å²) in [7, 11) is 0. The minimum Gasteiger partial charge on any atom is -0.353 e. The monoisotopic (exact) mass is 445 g/mol. The van der Waals surface area contributed by atoms with E-state index >= 15 is 0 Å². The lowest BCUT2D eigenvalue weighted by molar-refractivity contribution is -0.132. The van der Waals surface area contributed by atoms with Crippen LogP contribution in [0.1, 0.15) is 18.4 Å². The van der Waals surface area contributed by atoms with Gasteiger partial charge in [0.25, 0.3) is 0 Å². The van der Waals surface area contributed by atoms with Crippen molar-refractivity contribution in [2.24, 2.45) is 5.92 Å². The van der Waals surface area contributed by atoms with Gasteiger partial charge in [-0.2, -0.15) is 0 Å². The first-order chi connectivity index (χ1) is 14.5. The van der Waals surface area contributed by atoms with Crippen LogP contribution in [0.2, 0.25) is 5.15 Å². The van der Waals surface area contributed by atoms with E-state index in [0.29, 0.717) is 36.5 Å². The fourth-order valence-corrected chi connectivity index (χ4v) is 4.20. The summed E-state index contributed by atoms with van der Waals surface area (Å²) in [6.45, 7) is 4.81. The molecule has 30 heavy (non-hydrogen) atoms. The molecule has 2 amide bonds. The quantitative estimate of drug-likeness (QED) is 0.418. The maximum Gasteiger partial charge on any atom is 0.234 e. The predicted molar refractivity (Wildman–Crippen MR) is 119 cm³/mol. The predicted octanol–water partition coefficient (Wildman–Crippen LogP) is 3.23. The topological polar surface area (TPSA) is 78.4 Å². The number of aryl methyl sites for hydroxylation is 1. The van der Waals surface area contributed by atoms with E-state index in [1.807, 2.05) is 36.1 Å². The summed E-state index contributed by atoms with van der Waals surface area (Å²) in [5, 5.41) is 3.68. The number of carbonyl (C=O) groups is 2. The third-order valence-electron chi connectivity index (χ3n) is 5.17. The summed E-state index contributed by atoms with van der Waals surface area (Å²) < 4.78 is 0. The Morgan fingerprint density at radius 1 is 1.13 bits per heavy atom. The van der Waals surface area contributed by atoms with Gasteiger partial charge in [0, 0.05) is 43.9 Å². The van der Waals surface area contributed by atoms with Crippen molar-refractivity contribution < 1.29 is 9.59 Å². The molecule has 0 atom stereocenters. The maximum atomic E-state index is 12.2. The van der Waals surface area contributed by atoms with Crippen molar-refractivity contribution in [2.75, 3.05) is 42.1 Å². The highest BCUT2D eigenvalue weighted by molar-refractivity contribution is 7.99. The average Bonchev–Trinajstić information content (AvgIpc) is 3.59. The van der Waals surface area contributed by atoms with Crippen LogP contribution in [-0.4, -0.2) is 58.6 Å². The van der Waals surface area contributed by atoms with Crippen molar-refractivity contribution in [1.29, 1.82) is 0 Å². The summed E-state index contributed by atoms with van der Waals surface area (Å²) in [4.78, 5) is 37.3. The Kier molecular flexibility index (Phi) is 6.43. The normalized spacial score (nSPS) is 16.5. The van der Waals surface area contributed by atoms with Gasteiger partial charge < -0.3 is 15.1 Å². The number of anilines is 2. The lowest BCUT2D eigenvalue weighted by Gasteiger charge is -2.35. The molecule has 1 aliphatic heterocycles. The Bertz CT molecular complexity index is 927. The summed E-state index contributed by atoms with van der Waals surface area (Å²) >= 11 is 7.45. The van der Waals surface area contributed by atoms with Gasteiger partial charge in [-0.05, 0) is 31.9 Å². The molecule has 1 N–H and O–H groups in total. The standard InChI is InChI=1S/C21H24ClN5O2S/c1-14-2-6-16(7-3-14)23-19(28)13-30-21-24-17(22)12-18(25-21)26-8-10-27(11-9-26)20(29)15-4-5-15/h2-3,6-7,12,15H,4-5,8-11,13H2,1H3,(H,23,28). The molecule has 7 nitrogen and oxygen atoms in total. The van der Waals surface area contributed by atoms with Gasteiger partial charge in [-0.3, -0.25) is 9.59 Å². The molecule has 0 radical (unpaired) electrons. The molecule has 0 spiro atoms. The van der Waals surface area contributed by atoms with E-state index in [1.165, 1.54) is 11.8 Å². The van der Waals surface area contributed by atoms with Gasteiger partial charge >= 0.3 is 0 Å². The van der Waals surface area contributed by atoms with Gasteiger partial charge in [0.15, 0.2) is 5.16 Å². The highest BCUT2D eigenvalue weighted by Gasteiger charge is 2.34. The second kappa shape index (κ2) is 9.22. The number of hydrogen-bond acceptors (Lipinski definition) is 6. The van der Waals surface area contributed by atoms with Crippen molar-refractivity contribution >= 4 is 46.7 Å². The third-order valence-corrected chi connectivity index (χ3v) is 6.21. The molecular weight excluding hydrogens is 422 g/mol. The highest BCUT2D eigenvalue weighted by atomic mass is 35.5. The molecule has 0 bridgehead atoms. The number of piperazine rings is 1. The number of amides is 2. The fraction of sp³-hybridized carbons (Fsp3) is 0.429. The molecular formula is C21H24ClN5O2S. The highest BCUT2D eigenvalue weighted by Crippen LogP contribution is 2.31. The first-order valence-electron chi connectivity index (χ1n) is 10.1. The van der Waals surface area contributed by atoms with E-state index in [9.17, 15) is 9.59 Å². The van der Waals surface area contributed by atoms with Crippen molar-refractivity contribution in [1.82, 2.24) is 14.9 Å². The molecule has 1 aromatic heterocycles. The number of aromatic nitrogens is 2. The van der Waals surface area contributed by atoms with E-state index < -0.39 is 0 Å². The zero-order valence-corrected chi connectivity index (χ0v) is 18.4. The molecule has 0 unspecified atom stereocenters. The van der Waals surface area contributed by atoms with Crippen LogP contribution >= 0.6 is 23.4 Å². The van der Waals surface area contributed by atoms with Crippen molar-refractivity contribution in [3.05, 3.63) is 41.0 Å². The van der Waals surface area contributed by atoms with Crippen LogP contribution in [0.3, 0.4) is 0 Å². The molecule has 1 saturated carbocycles. The van der Waals surface area contributed by atoms with E-state index in [-0.39, 0.29) is 23.5 Å². The molecule has 2 aromatic rings. The smallest absolute Gasteiger partial charge is 0.234 e. The minimum absolute atomic E-state index is 0.124. The minimum atomic E-state index is -0.124. The fourth-order valence-electron chi connectivity index (χ4n) is 3.32. The Labute approximate surface area is 185 Å². The molecule has 1 saturated heterocycles. The average molecular weight is 446 g/mol. The SMILES string of the molecule is Cc1ccc(NC(=O)CSc2nc(Cl)cc(N3CCN(C(=O)C4CC4)CC3)n2)cc1. The second-order valence-corrected chi connectivity index (χ2v) is 8.95. The first-order valence-corrected chi connectivity index (χ1v) is 11.4. The van der Waals surface area contributed by atoms with Gasteiger partial charge in [0.1, 0.15) is 11.0 Å². The van der Waals surface area contributed by atoms with Crippen LogP contribution in [0.4, 0.5) is 11.5 Å². The second-order valence-electron chi connectivity index (χ2n) is 7.62. The van der Waals surface area contributed by atoms with Gasteiger partial charge in [0.2, 0.25) is 11.8 Å². The Balaban J connectivity index is 1.32. The number of carbonyl (C=O) groups excluding carboxylic acids is 2. The summed E-state index contributed by atoms with van der Waals surface area (Å²) in [5.41, 5.74) is 1.90. The van der Waals surface area contributed by atoms with Crippen LogP contribution < -0.4 is 10.2 Å². The number of rotatable bonds is 6. The van der Waals surface area contributed by atoms with Gasteiger partial charge in [-0.25, -0.2) is 9.97 Å². The maximum absolute atomic E-state index is 12.2. The molecule has 2 heterocycles. The molecule has 158 valence electrons. The zero-order chi connectivity index (χ0) is 21.1. The summed E-state index contributed by atoms with van der Waals surface area (Å²) in [5.74, 6) is 1.33. The number of nitrogens with zero attached hydrogens (tertiary/aromatic N) is 4. The van der Waals surface area contributed by atoms with E-state index in [4.69, 9.17) is 11.6 Å². The number of hydrogen-bond donors (Lipinski definition) is 1. The number of benzene rings is 1. The summed E-state index contributed by atoms with van der Waals surface area (Å²) in [6, 6.07) is 9.38. The van der Waals surface area contributed by atoms with Crippen LogP contribution in [0.25, 0.3) is 0 Å². The molecule has 9 heteroatoms. The largest absolute Gasteiger partial charge is 0.353 e. The van der Waals surface area contributed by atoms with Crippen LogP contribution in [-0.2, 0) is 9.59 Å². The molecule has 4 rings (SSSR count). The lowest BCUT2D eigenvalue weighted by Crippen LogP contribution is -2.49. The summed E-state index contributed by atoms with van der Waals surface area (Å²) in [6.07, 6.45) is 2.05. The van der Waals surface area contributed by atoms with Gasteiger partial charge in [-0.15, -0.1) is 0 Å². The van der Waals surface area contributed by atoms with Gasteiger partial charge in [-0.1, -0.05) is 41.1 Å². The molecule has 2 fully saturated rings. The third kappa shape index (κ3) is 5.43. The van der Waals surface area contributed by atoms with E-state index in [0.717, 1.165) is 29.9 Å². The number of nitrogens with one attached hydrogen (secondary N) is 1. The number of thioether (sulfide) groups is 1. The van der Waals surface area contributed by atoms with E-state index in [1.54, 1.807) is 6.07 Å². The van der Waals surface area contributed by atoms with Crippen molar-refractivity contribution in [3.63, 3.8) is 0 Å². The molecule has 2 aliphatic rings. The molecule has 1 aromatic carbocycles. The van der Waals surface area contributed by atoms with Crippen molar-refractivity contribution in [3.8, 4) is 0 Å². The Morgan fingerprint density at radius 3 is 2.50 bits per heavy atom. The zero-order valence-electron chi connectivity index (χ0n) is 16.8. The van der Waals surface area contributed by atoms with Gasteiger partial charge in [0.05, 0.1) is 5.75 Å². The first kappa shape index (κ1) is 20.9.